The molecule has 2 aromatic rings. The number of rotatable bonds is 6. The molecule has 0 aromatic heterocycles. The average molecular weight is 459 g/mol. The van der Waals surface area contributed by atoms with Gasteiger partial charge in [0, 0.05) is 36.8 Å². The first-order valence-corrected chi connectivity index (χ1v) is 11.0. The van der Waals surface area contributed by atoms with Crippen molar-refractivity contribution in [3.8, 4) is 11.5 Å². The summed E-state index contributed by atoms with van der Waals surface area (Å²) in [6, 6.07) is 6.77. The highest BCUT2D eigenvalue weighted by molar-refractivity contribution is 6.32. The van der Waals surface area contributed by atoms with Crippen LogP contribution >= 0.6 is 11.6 Å². The lowest BCUT2D eigenvalue weighted by molar-refractivity contribution is 0.0357. The quantitative estimate of drug-likeness (QED) is 0.608. The Hall–Kier alpha value is -2.68. The fraction of sp³-hybridized carbons (Fsp3) is 0.391. The van der Waals surface area contributed by atoms with Crippen LogP contribution in [0, 0.1) is 5.82 Å². The van der Waals surface area contributed by atoms with Gasteiger partial charge in [-0.15, -0.1) is 0 Å². The molecule has 0 radical (unpaired) electrons. The standard InChI is InChI=1S/C23H24ClFN4O3/c1-30-20-12-19-15(11-21(20)32-8-2-5-28-6-9-31-10-7-28)23-27-18-4-3-17(25)22(24)16(18)13-29(23)14-26-19/h3-4,11-12,14H,2,5-10,13H2,1H3. The number of hydrogen-bond donors (Lipinski definition) is 0. The zero-order valence-corrected chi connectivity index (χ0v) is 18.6. The maximum absolute atomic E-state index is 13.9. The van der Waals surface area contributed by atoms with Gasteiger partial charge in [-0.2, -0.15) is 0 Å². The Morgan fingerprint density at radius 2 is 2.00 bits per heavy atom. The Kier molecular flexibility index (Phi) is 5.99. The van der Waals surface area contributed by atoms with Gasteiger partial charge in [-0.25, -0.2) is 14.4 Å². The summed E-state index contributed by atoms with van der Waals surface area (Å²) in [5.41, 5.74) is 2.89. The van der Waals surface area contributed by atoms with Crippen LogP contribution in [0.25, 0.3) is 0 Å². The predicted octanol–water partition coefficient (Wildman–Crippen LogP) is 4.16. The van der Waals surface area contributed by atoms with Crippen molar-refractivity contribution in [3.05, 3.63) is 46.2 Å². The SMILES string of the molecule is COc1cc2c(cc1OCCCN1CCOCC1)C1=Nc3ccc(F)c(Cl)c3CN1C=N2. The lowest BCUT2D eigenvalue weighted by atomic mass is 10.0. The molecule has 1 saturated heterocycles. The van der Waals surface area contributed by atoms with E-state index in [0.29, 0.717) is 35.9 Å². The first-order chi connectivity index (χ1) is 15.6. The van der Waals surface area contributed by atoms with E-state index in [1.165, 1.54) is 6.07 Å². The minimum Gasteiger partial charge on any atom is -0.493 e. The summed E-state index contributed by atoms with van der Waals surface area (Å²) in [6.45, 7) is 5.45. The van der Waals surface area contributed by atoms with Crippen LogP contribution in [0.1, 0.15) is 17.5 Å². The first-order valence-electron chi connectivity index (χ1n) is 10.7. The number of hydrogen-bond acceptors (Lipinski definition) is 7. The van der Waals surface area contributed by atoms with E-state index >= 15 is 0 Å². The van der Waals surface area contributed by atoms with Gasteiger partial charge in [0.25, 0.3) is 0 Å². The van der Waals surface area contributed by atoms with Crippen LogP contribution in [0.5, 0.6) is 11.5 Å². The molecule has 3 heterocycles. The van der Waals surface area contributed by atoms with Gasteiger partial charge in [0.05, 0.1) is 56.2 Å². The highest BCUT2D eigenvalue weighted by Gasteiger charge is 2.28. The van der Waals surface area contributed by atoms with Crippen molar-refractivity contribution >= 4 is 35.1 Å². The third-order valence-corrected chi connectivity index (χ3v) is 6.25. The molecule has 0 aliphatic carbocycles. The van der Waals surface area contributed by atoms with Crippen molar-refractivity contribution in [2.24, 2.45) is 9.98 Å². The molecule has 168 valence electrons. The van der Waals surface area contributed by atoms with Crippen LogP contribution in [0.15, 0.2) is 34.3 Å². The van der Waals surface area contributed by atoms with E-state index in [-0.39, 0.29) is 5.02 Å². The van der Waals surface area contributed by atoms with Crippen LogP contribution in [0.3, 0.4) is 0 Å². The van der Waals surface area contributed by atoms with Gasteiger partial charge >= 0.3 is 0 Å². The molecule has 0 amide bonds. The monoisotopic (exact) mass is 458 g/mol. The largest absolute Gasteiger partial charge is 0.493 e. The van der Waals surface area contributed by atoms with E-state index in [0.717, 1.165) is 56.4 Å². The highest BCUT2D eigenvalue weighted by atomic mass is 35.5. The number of fused-ring (bicyclic) bond motifs is 4. The first kappa shape index (κ1) is 21.2. The van der Waals surface area contributed by atoms with Gasteiger partial charge < -0.3 is 19.1 Å². The van der Waals surface area contributed by atoms with Crippen LogP contribution in [0.4, 0.5) is 15.8 Å². The molecule has 0 spiro atoms. The average Bonchev–Trinajstić information content (AvgIpc) is 2.83. The van der Waals surface area contributed by atoms with E-state index in [1.807, 2.05) is 17.0 Å². The van der Waals surface area contributed by atoms with Crippen LogP contribution in [-0.4, -0.2) is 68.5 Å². The molecule has 5 rings (SSSR count). The number of benzene rings is 2. The molecule has 0 unspecified atom stereocenters. The molecule has 0 bridgehead atoms. The molecule has 0 saturated carbocycles. The van der Waals surface area contributed by atoms with Crippen molar-refractivity contribution < 1.29 is 18.6 Å². The van der Waals surface area contributed by atoms with Crippen molar-refractivity contribution in [2.75, 3.05) is 46.6 Å². The molecule has 3 aliphatic rings. The maximum atomic E-state index is 13.9. The molecule has 0 N–H and O–H groups in total. The fourth-order valence-electron chi connectivity index (χ4n) is 4.11. The van der Waals surface area contributed by atoms with Crippen molar-refractivity contribution in [1.29, 1.82) is 0 Å². The van der Waals surface area contributed by atoms with E-state index in [9.17, 15) is 4.39 Å². The lowest BCUT2D eigenvalue weighted by Crippen LogP contribution is -2.37. The second kappa shape index (κ2) is 9.05. The summed E-state index contributed by atoms with van der Waals surface area (Å²) in [7, 11) is 1.62. The Balaban J connectivity index is 1.38. The fourth-order valence-corrected chi connectivity index (χ4v) is 4.33. The number of morpholine rings is 1. The van der Waals surface area contributed by atoms with E-state index < -0.39 is 5.82 Å². The second-order valence-corrected chi connectivity index (χ2v) is 8.22. The van der Waals surface area contributed by atoms with Crippen LogP contribution in [-0.2, 0) is 11.3 Å². The molecule has 32 heavy (non-hydrogen) atoms. The number of halogens is 2. The van der Waals surface area contributed by atoms with Gasteiger partial charge in [0.2, 0.25) is 0 Å². The molecule has 3 aliphatic heterocycles. The minimum absolute atomic E-state index is 0.100. The van der Waals surface area contributed by atoms with Crippen LogP contribution in [0.2, 0.25) is 5.02 Å². The van der Waals surface area contributed by atoms with Gasteiger partial charge in [0.15, 0.2) is 11.5 Å². The maximum Gasteiger partial charge on any atom is 0.162 e. The summed E-state index contributed by atoms with van der Waals surface area (Å²) in [6.07, 6.45) is 2.59. The molecule has 0 atom stereocenters. The van der Waals surface area contributed by atoms with Crippen molar-refractivity contribution in [3.63, 3.8) is 0 Å². The van der Waals surface area contributed by atoms with Gasteiger partial charge in [0.1, 0.15) is 11.7 Å². The third-order valence-electron chi connectivity index (χ3n) is 5.84. The van der Waals surface area contributed by atoms with Gasteiger partial charge in [-0.3, -0.25) is 4.90 Å². The van der Waals surface area contributed by atoms with E-state index in [2.05, 4.69) is 9.89 Å². The summed E-state index contributed by atoms with van der Waals surface area (Å²) in [5, 5.41) is 0.100. The summed E-state index contributed by atoms with van der Waals surface area (Å²) < 4.78 is 30.9. The topological polar surface area (TPSA) is 58.9 Å². The number of methoxy groups -OCH3 is 1. The number of ether oxygens (including phenoxy) is 3. The number of aliphatic imine (C=N–C) groups is 2. The molecule has 2 aromatic carbocycles. The molecule has 7 nitrogen and oxygen atoms in total. The molecular formula is C23H24ClFN4O3. The Morgan fingerprint density at radius 1 is 1.16 bits per heavy atom. The predicted molar refractivity (Wildman–Crippen MR) is 122 cm³/mol. The molecule has 1 fully saturated rings. The number of amidine groups is 1. The van der Waals surface area contributed by atoms with Gasteiger partial charge in [-0.05, 0) is 24.6 Å². The smallest absolute Gasteiger partial charge is 0.162 e. The summed E-state index contributed by atoms with van der Waals surface area (Å²) in [5.74, 6) is 1.56. The highest BCUT2D eigenvalue weighted by Crippen LogP contribution is 2.41. The molecule has 9 heteroatoms. The van der Waals surface area contributed by atoms with Crippen molar-refractivity contribution in [1.82, 2.24) is 9.80 Å². The van der Waals surface area contributed by atoms with Crippen LogP contribution < -0.4 is 9.47 Å². The van der Waals surface area contributed by atoms with Crippen molar-refractivity contribution in [2.45, 2.75) is 13.0 Å². The van der Waals surface area contributed by atoms with E-state index in [4.69, 9.17) is 30.8 Å². The number of nitrogens with zero attached hydrogens (tertiary/aromatic N) is 4. The normalized spacial score (nSPS) is 17.3. The zero-order chi connectivity index (χ0) is 22.1. The third kappa shape index (κ3) is 4.05. The molecular weight excluding hydrogens is 435 g/mol. The lowest BCUT2D eigenvalue weighted by Gasteiger charge is -2.31. The Bertz CT molecular complexity index is 1090. The second-order valence-electron chi connectivity index (χ2n) is 7.84. The minimum atomic E-state index is -0.448. The summed E-state index contributed by atoms with van der Waals surface area (Å²) in [4.78, 5) is 13.5. The van der Waals surface area contributed by atoms with Gasteiger partial charge in [-0.1, -0.05) is 11.6 Å². The zero-order valence-electron chi connectivity index (χ0n) is 17.8. The van der Waals surface area contributed by atoms with E-state index in [1.54, 1.807) is 19.5 Å². The Labute approximate surface area is 191 Å². The summed E-state index contributed by atoms with van der Waals surface area (Å²) >= 11 is 6.17. The Morgan fingerprint density at radius 3 is 2.81 bits per heavy atom.